The molecule has 0 fully saturated rings. The highest BCUT2D eigenvalue weighted by Crippen LogP contribution is 2.14. The number of hydrogen-bond donors (Lipinski definition) is 0. The number of hydrogen-bond acceptors (Lipinski definition) is 0. The summed E-state index contributed by atoms with van der Waals surface area (Å²) in [5, 5.41) is 0. The number of benzene rings is 1. The smallest absolute Gasteiger partial charge is 0.0279 e. The Morgan fingerprint density at radius 3 is 1.67 bits per heavy atom. The van der Waals surface area contributed by atoms with E-state index in [9.17, 15) is 0 Å². The van der Waals surface area contributed by atoms with Crippen molar-refractivity contribution in [3.05, 3.63) is 35.4 Å². The zero-order chi connectivity index (χ0) is 15.3. The van der Waals surface area contributed by atoms with E-state index >= 15 is 0 Å². The molecule has 1 aromatic carbocycles. The van der Waals surface area contributed by atoms with Gasteiger partial charge in [-0.05, 0) is 42.7 Å². The predicted molar refractivity (Wildman–Crippen MR) is 95.9 cm³/mol. The molecule has 0 saturated carbocycles. The lowest BCUT2D eigenvalue weighted by Crippen LogP contribution is -1.90. The molecule has 0 aliphatic carbocycles. The van der Waals surface area contributed by atoms with Crippen LogP contribution in [0.3, 0.4) is 0 Å². The second-order valence-corrected chi connectivity index (χ2v) is 6.97. The molecular weight excluding hydrogens is 252 g/mol. The predicted octanol–water partition coefficient (Wildman–Crippen LogP) is 6.96. The Bertz CT molecular complexity index is 334. The van der Waals surface area contributed by atoms with Gasteiger partial charge < -0.3 is 0 Å². The van der Waals surface area contributed by atoms with E-state index in [0.717, 1.165) is 5.92 Å². The third-order valence-electron chi connectivity index (χ3n) is 4.34. The Morgan fingerprint density at radius 2 is 1.14 bits per heavy atom. The third-order valence-corrected chi connectivity index (χ3v) is 4.34. The Kier molecular flexibility index (Phi) is 10.3. The maximum absolute atomic E-state index is 2.35. The van der Waals surface area contributed by atoms with Crippen molar-refractivity contribution in [1.82, 2.24) is 0 Å². The first-order chi connectivity index (χ1) is 10.2. The molecule has 0 radical (unpaired) electrons. The lowest BCUT2D eigenvalue weighted by Gasteiger charge is -2.06. The van der Waals surface area contributed by atoms with E-state index in [1.54, 1.807) is 0 Å². The van der Waals surface area contributed by atoms with Crippen LogP contribution in [0.15, 0.2) is 24.3 Å². The highest BCUT2D eigenvalue weighted by atomic mass is 14.0. The van der Waals surface area contributed by atoms with Crippen molar-refractivity contribution in [1.29, 1.82) is 0 Å². The molecule has 120 valence electrons. The van der Waals surface area contributed by atoms with Crippen LogP contribution in [0.25, 0.3) is 0 Å². The van der Waals surface area contributed by atoms with Gasteiger partial charge in [0.1, 0.15) is 0 Å². The van der Waals surface area contributed by atoms with Crippen molar-refractivity contribution in [2.75, 3.05) is 0 Å². The van der Waals surface area contributed by atoms with E-state index in [1.807, 2.05) is 0 Å². The Morgan fingerprint density at radius 1 is 0.667 bits per heavy atom. The van der Waals surface area contributed by atoms with Crippen molar-refractivity contribution in [2.45, 2.75) is 91.4 Å². The van der Waals surface area contributed by atoms with Gasteiger partial charge in [0.15, 0.2) is 0 Å². The van der Waals surface area contributed by atoms with Crippen molar-refractivity contribution in [3.8, 4) is 0 Å². The monoisotopic (exact) mass is 288 g/mol. The molecule has 0 N–H and O–H groups in total. The molecular formula is C21H36. The Hall–Kier alpha value is -0.780. The summed E-state index contributed by atoms with van der Waals surface area (Å²) in [4.78, 5) is 0. The zero-order valence-electron chi connectivity index (χ0n) is 14.7. The molecule has 0 saturated heterocycles. The Labute approximate surface area is 133 Å². The second kappa shape index (κ2) is 11.8. The van der Waals surface area contributed by atoms with E-state index in [4.69, 9.17) is 0 Å². The van der Waals surface area contributed by atoms with Crippen LogP contribution < -0.4 is 0 Å². The van der Waals surface area contributed by atoms with E-state index in [2.05, 4.69) is 45.0 Å². The molecule has 0 unspecified atom stereocenters. The zero-order valence-corrected chi connectivity index (χ0v) is 14.7. The lowest BCUT2D eigenvalue weighted by molar-refractivity contribution is 0.515. The quantitative estimate of drug-likeness (QED) is 0.365. The second-order valence-electron chi connectivity index (χ2n) is 6.97. The fourth-order valence-electron chi connectivity index (χ4n) is 2.86. The first-order valence-electron chi connectivity index (χ1n) is 9.30. The summed E-state index contributed by atoms with van der Waals surface area (Å²) in [5.74, 6) is 0.876. The Balaban J connectivity index is 2.07. The fraction of sp³-hybridized carbons (Fsp3) is 0.714. The van der Waals surface area contributed by atoms with Crippen molar-refractivity contribution >= 4 is 0 Å². The molecule has 0 bridgehead atoms. The van der Waals surface area contributed by atoms with Crippen LogP contribution in [0, 0.1) is 5.92 Å². The highest BCUT2D eigenvalue weighted by Gasteiger charge is 1.97. The van der Waals surface area contributed by atoms with Gasteiger partial charge in [-0.2, -0.15) is 0 Å². The average molecular weight is 289 g/mol. The van der Waals surface area contributed by atoms with Crippen molar-refractivity contribution in [2.24, 2.45) is 5.92 Å². The molecule has 0 atom stereocenters. The van der Waals surface area contributed by atoms with Crippen LogP contribution in [0.4, 0.5) is 0 Å². The molecule has 0 amide bonds. The fourth-order valence-corrected chi connectivity index (χ4v) is 2.86. The summed E-state index contributed by atoms with van der Waals surface area (Å²) in [5.41, 5.74) is 3.04. The largest absolute Gasteiger partial charge is 0.0654 e. The highest BCUT2D eigenvalue weighted by molar-refractivity contribution is 5.22. The molecule has 0 aliphatic rings. The third kappa shape index (κ3) is 9.72. The van der Waals surface area contributed by atoms with Gasteiger partial charge in [0.05, 0.1) is 0 Å². The first kappa shape index (κ1) is 18.3. The van der Waals surface area contributed by atoms with Crippen LogP contribution in [0.1, 0.15) is 89.7 Å². The molecule has 1 rings (SSSR count). The number of rotatable bonds is 12. The molecule has 0 aliphatic heterocycles. The van der Waals surface area contributed by atoms with Gasteiger partial charge in [-0.25, -0.2) is 0 Å². The normalized spacial score (nSPS) is 11.2. The van der Waals surface area contributed by atoms with Gasteiger partial charge >= 0.3 is 0 Å². The molecule has 1 aromatic rings. The number of aryl methyl sites for hydroxylation is 2. The van der Waals surface area contributed by atoms with Gasteiger partial charge in [-0.3, -0.25) is 0 Å². The standard InChI is InChI=1S/C21H36/c1-4-5-9-13-20-15-17-21(18-16-20)14-11-8-6-7-10-12-19(2)3/h15-19H,4-14H2,1-3H3. The SMILES string of the molecule is CCCCCc1ccc(CCCCCCCC(C)C)cc1. The van der Waals surface area contributed by atoms with E-state index in [0.29, 0.717) is 0 Å². The summed E-state index contributed by atoms with van der Waals surface area (Å²) in [6.07, 6.45) is 15.0. The molecule has 0 nitrogen and oxygen atoms in total. The molecule has 0 aromatic heterocycles. The van der Waals surface area contributed by atoms with Crippen LogP contribution in [0.5, 0.6) is 0 Å². The van der Waals surface area contributed by atoms with Gasteiger partial charge in [0.2, 0.25) is 0 Å². The number of unbranched alkanes of at least 4 members (excludes halogenated alkanes) is 6. The summed E-state index contributed by atoms with van der Waals surface area (Å²) in [7, 11) is 0. The van der Waals surface area contributed by atoms with Gasteiger partial charge in [-0.1, -0.05) is 90.0 Å². The maximum Gasteiger partial charge on any atom is -0.0279 e. The molecule has 0 heterocycles. The molecule has 0 spiro atoms. The van der Waals surface area contributed by atoms with E-state index < -0.39 is 0 Å². The van der Waals surface area contributed by atoms with Gasteiger partial charge in [0.25, 0.3) is 0 Å². The van der Waals surface area contributed by atoms with Crippen LogP contribution >= 0.6 is 0 Å². The lowest BCUT2D eigenvalue weighted by atomic mass is 10.0. The minimum Gasteiger partial charge on any atom is -0.0654 e. The van der Waals surface area contributed by atoms with Crippen molar-refractivity contribution in [3.63, 3.8) is 0 Å². The maximum atomic E-state index is 2.35. The van der Waals surface area contributed by atoms with Crippen molar-refractivity contribution < 1.29 is 0 Å². The van der Waals surface area contributed by atoms with Crippen LogP contribution in [0.2, 0.25) is 0 Å². The first-order valence-corrected chi connectivity index (χ1v) is 9.30. The minimum absolute atomic E-state index is 0.876. The summed E-state index contributed by atoms with van der Waals surface area (Å²) in [6, 6.07) is 9.38. The molecule has 21 heavy (non-hydrogen) atoms. The molecule has 0 heteroatoms. The van der Waals surface area contributed by atoms with E-state index in [1.165, 1.54) is 81.8 Å². The summed E-state index contributed by atoms with van der Waals surface area (Å²) < 4.78 is 0. The van der Waals surface area contributed by atoms with Crippen LogP contribution in [-0.2, 0) is 12.8 Å². The average Bonchev–Trinajstić information content (AvgIpc) is 2.48. The van der Waals surface area contributed by atoms with Crippen LogP contribution in [-0.4, -0.2) is 0 Å². The minimum atomic E-state index is 0.876. The topological polar surface area (TPSA) is 0 Å². The van der Waals surface area contributed by atoms with Gasteiger partial charge in [0, 0.05) is 0 Å². The van der Waals surface area contributed by atoms with Gasteiger partial charge in [-0.15, -0.1) is 0 Å². The van der Waals surface area contributed by atoms with E-state index in [-0.39, 0.29) is 0 Å². The summed E-state index contributed by atoms with van der Waals surface area (Å²) >= 11 is 0. The summed E-state index contributed by atoms with van der Waals surface area (Å²) in [6.45, 7) is 6.92.